The number of aliphatic hydroxyl groups excluding tert-OH is 6. The Morgan fingerprint density at radius 2 is 1.36 bits per heavy atom. The highest BCUT2D eigenvalue weighted by atomic mass is 35.5. The molecule has 0 aromatic carbocycles. The van der Waals surface area contributed by atoms with Crippen LogP contribution in [0.4, 0.5) is 11.6 Å². The minimum atomic E-state index is -1.21. The summed E-state index contributed by atoms with van der Waals surface area (Å²) in [6.07, 6.45) is 0.345. The number of aliphatic hydroxyl groups is 6. The van der Waals surface area contributed by atoms with Crippen LogP contribution in [-0.2, 0) is 9.47 Å². The quantitative estimate of drug-likeness (QED) is 0.111. The number of imidazole rings is 2. The van der Waals surface area contributed by atoms with Crippen LogP contribution >= 0.6 is 11.6 Å². The minimum absolute atomic E-state index is 0.0569. The predicted molar refractivity (Wildman–Crippen MR) is 152 cm³/mol. The molecule has 0 bridgehead atoms. The van der Waals surface area contributed by atoms with Gasteiger partial charge in [-0.25, -0.2) is 19.9 Å². The van der Waals surface area contributed by atoms with E-state index in [1.165, 1.54) is 41.0 Å². The smallest absolute Gasteiger partial charge is 0.226 e. The van der Waals surface area contributed by atoms with E-state index in [4.69, 9.17) is 31.9 Å². The number of anilines is 2. The molecule has 0 unspecified atom stereocenters. The van der Waals surface area contributed by atoms with E-state index >= 15 is 0 Å². The van der Waals surface area contributed by atoms with Crippen molar-refractivity contribution >= 4 is 45.6 Å². The number of nitrogen functional groups attached to an aromatic ring is 1. The molecule has 0 spiro atoms. The van der Waals surface area contributed by atoms with Gasteiger partial charge in [0, 0.05) is 6.04 Å². The lowest BCUT2D eigenvalue weighted by molar-refractivity contribution is -0.0511. The zero-order valence-electron chi connectivity index (χ0n) is 23.2. The molecular formula is C25H33ClN10O8. The van der Waals surface area contributed by atoms with Crippen LogP contribution in [-0.4, -0.2) is 126 Å². The summed E-state index contributed by atoms with van der Waals surface area (Å²) in [6.45, 7) is -0.788. The van der Waals surface area contributed by atoms with E-state index in [0.29, 0.717) is 34.2 Å². The number of fused-ring (bicyclic) bond motifs is 2. The van der Waals surface area contributed by atoms with Crippen molar-refractivity contribution in [3.05, 3.63) is 24.3 Å². The van der Waals surface area contributed by atoms with Gasteiger partial charge >= 0.3 is 0 Å². The van der Waals surface area contributed by atoms with Gasteiger partial charge in [0.2, 0.25) is 5.28 Å². The summed E-state index contributed by atoms with van der Waals surface area (Å²) in [5.74, 6) is 0.767. The fourth-order valence-electron chi connectivity index (χ4n) is 5.72. The largest absolute Gasteiger partial charge is 0.394 e. The lowest BCUT2D eigenvalue weighted by atomic mass is 10.1. The molecule has 0 radical (unpaired) electrons. The molecule has 2 aliphatic heterocycles. The molecule has 3 aliphatic rings. The Morgan fingerprint density at radius 3 is 1.93 bits per heavy atom. The number of nitrogens with zero attached hydrogens (tertiary/aromatic N) is 8. The molecule has 4 aromatic heterocycles. The standard InChI is InChI=1S/C15H20ClN5O4.C10H13N5O4/c16-15-19-12(18-7-3-1-2-4-7)9-13(20-15)21(6-17-9)14-11(24)10(23)8(5-22)25-14;11-8-5-9(13-2-12-8)15(3-14-5)10-7(18)6(17)4(1-16)19-10/h6-8,10-11,14,22-24H,1-5H2,(H,18,19,20);2-4,6-7,10,16-18H,1H2,(H2,11,12,13)/t8-,10-,11-,14-;4-,6-,7-,10-/m11/s1. The molecule has 0 amide bonds. The third-order valence-corrected chi connectivity index (χ3v) is 8.23. The summed E-state index contributed by atoms with van der Waals surface area (Å²) in [6, 6.07) is 0.327. The Bertz CT molecular complexity index is 1600. The predicted octanol–water partition coefficient (Wildman–Crippen LogP) is -1.53. The van der Waals surface area contributed by atoms with Crippen LogP contribution in [0.15, 0.2) is 19.0 Å². The van der Waals surface area contributed by atoms with E-state index in [1.807, 2.05) is 0 Å². The highest BCUT2D eigenvalue weighted by Gasteiger charge is 2.45. The molecule has 19 heteroatoms. The SMILES string of the molecule is Nc1ncnc2c1ncn2[C@@H]1O[C@H](CO)[C@@H](O)[C@H]1O.OC[C@H]1O[C@@H](n2cnc3c(NC4CCCC4)nc(Cl)nc32)[C@H](O)[C@@H]1O. The van der Waals surface area contributed by atoms with E-state index in [1.54, 1.807) is 0 Å². The molecule has 4 aromatic rings. The molecule has 2 saturated heterocycles. The Kier molecular flexibility index (Phi) is 8.77. The van der Waals surface area contributed by atoms with Crippen LogP contribution < -0.4 is 11.1 Å². The molecule has 7 rings (SSSR count). The van der Waals surface area contributed by atoms with Crippen molar-refractivity contribution in [1.29, 1.82) is 0 Å². The van der Waals surface area contributed by atoms with Crippen LogP contribution in [0, 0.1) is 0 Å². The van der Waals surface area contributed by atoms with Crippen LogP contribution in [0.5, 0.6) is 0 Å². The third kappa shape index (κ3) is 5.52. The van der Waals surface area contributed by atoms with Crippen molar-refractivity contribution in [2.24, 2.45) is 0 Å². The number of nitrogens with two attached hydrogens (primary N) is 1. The van der Waals surface area contributed by atoms with Gasteiger partial charge in [0.05, 0.1) is 25.9 Å². The van der Waals surface area contributed by atoms with Gasteiger partial charge < -0.3 is 51.2 Å². The molecule has 6 heterocycles. The number of rotatable bonds is 6. The van der Waals surface area contributed by atoms with Gasteiger partial charge in [-0.3, -0.25) is 9.13 Å². The van der Waals surface area contributed by atoms with Gasteiger partial charge in [-0.05, 0) is 24.4 Å². The summed E-state index contributed by atoms with van der Waals surface area (Å²) in [7, 11) is 0. The number of hydrogen-bond donors (Lipinski definition) is 8. The topological polar surface area (TPSA) is 265 Å². The van der Waals surface area contributed by atoms with Gasteiger partial charge in [0.15, 0.2) is 40.9 Å². The van der Waals surface area contributed by atoms with Crippen molar-refractivity contribution in [3.8, 4) is 0 Å². The second-order valence-corrected chi connectivity index (χ2v) is 11.2. The molecule has 9 N–H and O–H groups in total. The average molecular weight is 637 g/mol. The summed E-state index contributed by atoms with van der Waals surface area (Å²) in [4.78, 5) is 24.7. The maximum Gasteiger partial charge on any atom is 0.226 e. The zero-order chi connectivity index (χ0) is 31.1. The average Bonchev–Trinajstić information content (AvgIpc) is 3.84. The van der Waals surface area contributed by atoms with Crippen LogP contribution in [0.1, 0.15) is 38.1 Å². The van der Waals surface area contributed by atoms with Crippen LogP contribution in [0.2, 0.25) is 5.28 Å². The molecule has 44 heavy (non-hydrogen) atoms. The number of ether oxygens (including phenoxy) is 2. The Morgan fingerprint density at radius 1 is 0.795 bits per heavy atom. The van der Waals surface area contributed by atoms with E-state index < -0.39 is 62.3 Å². The molecule has 238 valence electrons. The summed E-state index contributed by atoms with van der Waals surface area (Å²) < 4.78 is 13.9. The number of nitrogens with one attached hydrogen (secondary N) is 1. The molecule has 8 atom stereocenters. The van der Waals surface area contributed by atoms with Crippen molar-refractivity contribution in [1.82, 2.24) is 39.0 Å². The Balaban J connectivity index is 0.000000162. The molecule has 1 aliphatic carbocycles. The van der Waals surface area contributed by atoms with Gasteiger partial charge in [0.1, 0.15) is 48.5 Å². The first-order valence-electron chi connectivity index (χ1n) is 14.1. The second kappa shape index (κ2) is 12.6. The normalized spacial score (nSPS) is 30.7. The maximum atomic E-state index is 10.2. The van der Waals surface area contributed by atoms with Crippen molar-refractivity contribution < 1.29 is 40.1 Å². The van der Waals surface area contributed by atoms with Crippen LogP contribution in [0.25, 0.3) is 22.3 Å². The third-order valence-electron chi connectivity index (χ3n) is 8.06. The first-order valence-corrected chi connectivity index (χ1v) is 14.4. The minimum Gasteiger partial charge on any atom is -0.394 e. The van der Waals surface area contributed by atoms with Crippen molar-refractivity contribution in [3.63, 3.8) is 0 Å². The molecule has 18 nitrogen and oxygen atoms in total. The monoisotopic (exact) mass is 636 g/mol. The van der Waals surface area contributed by atoms with E-state index in [0.717, 1.165) is 12.8 Å². The fraction of sp³-hybridized carbons (Fsp3) is 0.600. The van der Waals surface area contributed by atoms with Crippen molar-refractivity contribution in [2.75, 3.05) is 24.3 Å². The highest BCUT2D eigenvalue weighted by Crippen LogP contribution is 2.34. The van der Waals surface area contributed by atoms with Gasteiger partial charge in [-0.1, -0.05) is 12.8 Å². The number of halogens is 1. The summed E-state index contributed by atoms with van der Waals surface area (Å²) in [5, 5.41) is 61.6. The first-order chi connectivity index (χ1) is 21.2. The van der Waals surface area contributed by atoms with E-state index in [-0.39, 0.29) is 11.1 Å². The first kappa shape index (κ1) is 30.7. The zero-order valence-corrected chi connectivity index (χ0v) is 24.0. The molecule has 3 fully saturated rings. The van der Waals surface area contributed by atoms with Crippen molar-refractivity contribution in [2.45, 2.75) is 80.8 Å². The Labute approximate surface area is 254 Å². The lowest BCUT2D eigenvalue weighted by Gasteiger charge is -2.17. The fourth-order valence-corrected chi connectivity index (χ4v) is 5.88. The molecular weight excluding hydrogens is 604 g/mol. The van der Waals surface area contributed by atoms with Crippen LogP contribution in [0.3, 0.4) is 0 Å². The number of aromatic nitrogens is 8. The van der Waals surface area contributed by atoms with Gasteiger partial charge in [0.25, 0.3) is 0 Å². The summed E-state index contributed by atoms with van der Waals surface area (Å²) >= 11 is 6.07. The van der Waals surface area contributed by atoms with E-state index in [9.17, 15) is 25.5 Å². The number of hydrogen-bond acceptors (Lipinski definition) is 16. The highest BCUT2D eigenvalue weighted by molar-refractivity contribution is 6.28. The Hall–Kier alpha value is -3.33. The maximum absolute atomic E-state index is 10.2. The second-order valence-electron chi connectivity index (χ2n) is 10.8. The molecule has 1 saturated carbocycles. The lowest BCUT2D eigenvalue weighted by Crippen LogP contribution is -2.33. The van der Waals surface area contributed by atoms with Gasteiger partial charge in [-0.15, -0.1) is 0 Å². The van der Waals surface area contributed by atoms with E-state index in [2.05, 4.69) is 35.2 Å². The van der Waals surface area contributed by atoms with Gasteiger partial charge in [-0.2, -0.15) is 9.97 Å². The summed E-state index contributed by atoms with van der Waals surface area (Å²) in [5.41, 5.74) is 7.36.